The molecule has 0 saturated heterocycles. The number of azo groups is 1. The van der Waals surface area contributed by atoms with Crippen LogP contribution < -0.4 is 0 Å². The lowest BCUT2D eigenvalue weighted by Crippen LogP contribution is -2.42. The normalized spacial score (nSPS) is 21.9. The van der Waals surface area contributed by atoms with Gasteiger partial charge in [0.1, 0.15) is 0 Å². The molecule has 0 bridgehead atoms. The van der Waals surface area contributed by atoms with Crippen LogP contribution in [0.2, 0.25) is 0 Å². The van der Waals surface area contributed by atoms with Crippen LogP contribution in [0.15, 0.2) is 75.8 Å². The number of benzene rings is 2. The van der Waals surface area contributed by atoms with Gasteiger partial charge in [-0.3, -0.25) is 0 Å². The Balaban J connectivity index is 2.05. The Morgan fingerprint density at radius 1 is 1.04 bits per heavy atom. The molecule has 0 amide bonds. The third-order valence-corrected chi connectivity index (χ3v) is 7.20. The molecule has 1 heterocycles. The van der Waals surface area contributed by atoms with Crippen LogP contribution in [0.5, 0.6) is 0 Å². The lowest BCUT2D eigenvalue weighted by Gasteiger charge is -2.29. The molecule has 28 heavy (non-hydrogen) atoms. The number of sulfone groups is 1. The SMILES string of the molecule is CC(C)(C)C#C[C@H]1CN=N[C@]1(CCc1ccccc1)S(=O)(=O)c1ccccc1. The fraction of sp³-hybridized carbons (Fsp3) is 0.391. The lowest BCUT2D eigenvalue weighted by atomic mass is 9.91. The molecule has 0 saturated carbocycles. The Labute approximate surface area is 168 Å². The van der Waals surface area contributed by atoms with Crippen LogP contribution in [-0.2, 0) is 16.3 Å². The highest BCUT2D eigenvalue weighted by Gasteiger charge is 2.53. The maximum absolute atomic E-state index is 13.7. The van der Waals surface area contributed by atoms with Gasteiger partial charge in [0, 0.05) is 5.41 Å². The zero-order chi connectivity index (χ0) is 20.3. The first-order chi connectivity index (χ1) is 13.2. The molecular formula is C23H26N2O2S. The van der Waals surface area contributed by atoms with Crippen molar-refractivity contribution >= 4 is 9.84 Å². The summed E-state index contributed by atoms with van der Waals surface area (Å²) in [6.07, 6.45) is 0.945. The van der Waals surface area contributed by atoms with Crippen molar-refractivity contribution in [2.75, 3.05) is 6.54 Å². The molecule has 2 atom stereocenters. The van der Waals surface area contributed by atoms with Crippen LogP contribution in [0.25, 0.3) is 0 Å². The summed E-state index contributed by atoms with van der Waals surface area (Å²) in [6.45, 7) is 6.35. The number of aryl methyl sites for hydroxylation is 1. The second-order valence-corrected chi connectivity index (χ2v) is 10.3. The van der Waals surface area contributed by atoms with Crippen molar-refractivity contribution < 1.29 is 8.42 Å². The minimum absolute atomic E-state index is 0.218. The predicted octanol–water partition coefficient (Wildman–Crippen LogP) is 4.92. The Morgan fingerprint density at radius 3 is 2.25 bits per heavy atom. The van der Waals surface area contributed by atoms with E-state index < -0.39 is 20.6 Å². The van der Waals surface area contributed by atoms with Gasteiger partial charge in [-0.25, -0.2) is 8.42 Å². The van der Waals surface area contributed by atoms with Gasteiger partial charge >= 0.3 is 0 Å². The van der Waals surface area contributed by atoms with E-state index in [9.17, 15) is 8.42 Å². The smallest absolute Gasteiger partial charge is 0.207 e. The fourth-order valence-electron chi connectivity index (χ4n) is 3.29. The third-order valence-electron chi connectivity index (χ3n) is 4.80. The molecule has 2 aromatic carbocycles. The van der Waals surface area contributed by atoms with Crippen molar-refractivity contribution in [2.24, 2.45) is 21.6 Å². The highest BCUT2D eigenvalue weighted by Crippen LogP contribution is 2.42. The minimum Gasteiger partial charge on any atom is -0.221 e. The summed E-state index contributed by atoms with van der Waals surface area (Å²) in [6, 6.07) is 18.4. The van der Waals surface area contributed by atoms with Crippen LogP contribution >= 0.6 is 0 Å². The Morgan fingerprint density at radius 2 is 1.64 bits per heavy atom. The molecule has 3 rings (SSSR count). The van der Waals surface area contributed by atoms with Crippen LogP contribution in [0.3, 0.4) is 0 Å². The van der Waals surface area contributed by atoms with E-state index in [0.717, 1.165) is 5.56 Å². The molecule has 4 nitrogen and oxygen atoms in total. The van der Waals surface area contributed by atoms with Crippen molar-refractivity contribution in [3.8, 4) is 11.8 Å². The van der Waals surface area contributed by atoms with E-state index in [1.165, 1.54) is 0 Å². The second-order valence-electron chi connectivity index (χ2n) is 8.14. The van der Waals surface area contributed by atoms with Gasteiger partial charge in [0.05, 0.1) is 17.4 Å². The molecular weight excluding hydrogens is 368 g/mol. The van der Waals surface area contributed by atoms with Crippen LogP contribution in [-0.4, -0.2) is 19.8 Å². The number of hydrogen-bond donors (Lipinski definition) is 0. The molecule has 0 aliphatic carbocycles. The first-order valence-corrected chi connectivity index (χ1v) is 11.0. The van der Waals surface area contributed by atoms with Gasteiger partial charge in [0.25, 0.3) is 0 Å². The van der Waals surface area contributed by atoms with Crippen molar-refractivity contribution in [3.63, 3.8) is 0 Å². The van der Waals surface area contributed by atoms with Gasteiger partial charge in [0.15, 0.2) is 0 Å². The van der Waals surface area contributed by atoms with Gasteiger partial charge < -0.3 is 0 Å². The summed E-state index contributed by atoms with van der Waals surface area (Å²) in [4.78, 5) is -1.09. The molecule has 146 valence electrons. The van der Waals surface area contributed by atoms with Gasteiger partial charge in [-0.05, 0) is 51.3 Å². The maximum Gasteiger partial charge on any atom is 0.207 e. The molecule has 0 radical (unpaired) electrons. The van der Waals surface area contributed by atoms with Crippen molar-refractivity contribution in [1.82, 2.24) is 0 Å². The van der Waals surface area contributed by atoms with E-state index in [0.29, 0.717) is 19.4 Å². The first-order valence-electron chi connectivity index (χ1n) is 9.50. The van der Waals surface area contributed by atoms with E-state index in [4.69, 9.17) is 0 Å². The van der Waals surface area contributed by atoms with Crippen molar-refractivity contribution in [2.45, 2.75) is 43.4 Å². The summed E-state index contributed by atoms with van der Waals surface area (Å²) in [5, 5.41) is 8.51. The molecule has 5 heteroatoms. The summed E-state index contributed by atoms with van der Waals surface area (Å²) in [7, 11) is -3.75. The minimum atomic E-state index is -3.75. The summed E-state index contributed by atoms with van der Waals surface area (Å²) in [5.74, 6) is 5.96. The van der Waals surface area contributed by atoms with Gasteiger partial charge in [-0.1, -0.05) is 60.4 Å². The average molecular weight is 395 g/mol. The quantitative estimate of drug-likeness (QED) is 0.676. The maximum atomic E-state index is 13.7. The molecule has 0 N–H and O–H groups in total. The number of nitrogens with zero attached hydrogens (tertiary/aromatic N) is 2. The molecule has 0 fully saturated rings. The van der Waals surface area contributed by atoms with E-state index in [1.54, 1.807) is 24.3 Å². The first kappa shape index (κ1) is 20.3. The Kier molecular flexibility index (Phi) is 5.71. The Hall–Kier alpha value is -2.45. The molecule has 1 aliphatic rings. The molecule has 0 aromatic heterocycles. The standard InChI is InChI=1S/C23H26N2O2S/c1-22(2,3)16-15-20-18-24-25-23(20,17-14-19-10-6-4-7-11-19)28(26,27)21-12-8-5-9-13-21/h4-13,20H,14,17-18H2,1-3H3/t20-,23+/m0/s1. The number of hydrogen-bond acceptors (Lipinski definition) is 4. The molecule has 0 unspecified atom stereocenters. The van der Waals surface area contributed by atoms with E-state index >= 15 is 0 Å². The fourth-order valence-corrected chi connectivity index (χ4v) is 5.26. The van der Waals surface area contributed by atoms with E-state index in [-0.39, 0.29) is 10.3 Å². The lowest BCUT2D eigenvalue weighted by molar-refractivity contribution is 0.443. The van der Waals surface area contributed by atoms with Gasteiger partial charge in [-0.2, -0.15) is 10.2 Å². The topological polar surface area (TPSA) is 58.9 Å². The monoisotopic (exact) mass is 394 g/mol. The second kappa shape index (κ2) is 7.89. The molecule has 2 aromatic rings. The summed E-state index contributed by atoms with van der Waals surface area (Å²) >= 11 is 0. The summed E-state index contributed by atoms with van der Waals surface area (Å²) in [5.41, 5.74) is 0.861. The van der Waals surface area contributed by atoms with Crippen LogP contribution in [0.1, 0.15) is 32.8 Å². The third kappa shape index (κ3) is 4.18. The Bertz CT molecular complexity index is 997. The average Bonchev–Trinajstić information content (AvgIpc) is 3.10. The largest absolute Gasteiger partial charge is 0.221 e. The van der Waals surface area contributed by atoms with Gasteiger partial charge in [0.2, 0.25) is 14.7 Å². The van der Waals surface area contributed by atoms with E-state index in [2.05, 4.69) is 22.1 Å². The van der Waals surface area contributed by atoms with Gasteiger partial charge in [-0.15, -0.1) is 0 Å². The molecule has 0 spiro atoms. The van der Waals surface area contributed by atoms with Crippen molar-refractivity contribution in [3.05, 3.63) is 66.2 Å². The zero-order valence-corrected chi connectivity index (χ0v) is 17.4. The predicted molar refractivity (Wildman–Crippen MR) is 112 cm³/mol. The van der Waals surface area contributed by atoms with Crippen molar-refractivity contribution in [1.29, 1.82) is 0 Å². The zero-order valence-electron chi connectivity index (χ0n) is 16.6. The van der Waals surface area contributed by atoms with E-state index in [1.807, 2.05) is 57.2 Å². The highest BCUT2D eigenvalue weighted by molar-refractivity contribution is 7.92. The van der Waals surface area contributed by atoms with Crippen LogP contribution in [0.4, 0.5) is 0 Å². The van der Waals surface area contributed by atoms with Crippen LogP contribution in [0, 0.1) is 23.2 Å². The summed E-state index contributed by atoms with van der Waals surface area (Å²) < 4.78 is 27.4. The number of rotatable bonds is 5. The highest BCUT2D eigenvalue weighted by atomic mass is 32.2. The molecule has 1 aliphatic heterocycles.